The first kappa shape index (κ1) is 25.7. The largest absolute Gasteiger partial charge is 0.391 e. The number of aliphatic hydroxyl groups excluding tert-OH is 1. The Morgan fingerprint density at radius 3 is 2.56 bits per heavy atom. The van der Waals surface area contributed by atoms with E-state index < -0.39 is 12.0 Å². The molecule has 0 unspecified atom stereocenters. The third kappa shape index (κ3) is 5.70. The number of aryl methyl sites for hydroxylation is 2. The second kappa shape index (κ2) is 10.7. The van der Waals surface area contributed by atoms with Crippen LogP contribution in [0.3, 0.4) is 0 Å². The lowest BCUT2D eigenvalue weighted by Gasteiger charge is -2.38. The lowest BCUT2D eigenvalue weighted by molar-refractivity contribution is -0.143. The molecule has 192 valence electrons. The van der Waals surface area contributed by atoms with E-state index in [2.05, 4.69) is 15.1 Å². The third-order valence-electron chi connectivity index (χ3n) is 7.00. The number of benzene rings is 1. The molecule has 2 aliphatic rings. The fraction of sp³-hybridized carbons (Fsp3) is 0.500. The van der Waals surface area contributed by atoms with Gasteiger partial charge in [0.1, 0.15) is 35.3 Å². The predicted molar refractivity (Wildman–Crippen MR) is 130 cm³/mol. The Bertz CT molecular complexity index is 1180. The summed E-state index contributed by atoms with van der Waals surface area (Å²) in [6.45, 7) is 5.18. The molecule has 0 radical (unpaired) electrons. The molecular formula is C26H32FN5O4. The molecule has 0 spiro atoms. The van der Waals surface area contributed by atoms with Gasteiger partial charge in [0.15, 0.2) is 0 Å². The molecule has 0 saturated heterocycles. The Morgan fingerprint density at radius 1 is 1.19 bits per heavy atom. The number of carbonyl (C=O) groups is 2. The van der Waals surface area contributed by atoms with Gasteiger partial charge in [-0.25, -0.2) is 14.4 Å². The summed E-state index contributed by atoms with van der Waals surface area (Å²) in [4.78, 5) is 40.3. The van der Waals surface area contributed by atoms with Crippen molar-refractivity contribution < 1.29 is 23.9 Å². The molecule has 2 amide bonds. The average molecular weight is 498 g/mol. The molecule has 1 aromatic heterocycles. The fourth-order valence-electron chi connectivity index (χ4n) is 5.06. The predicted octanol–water partition coefficient (Wildman–Crippen LogP) is 2.79. The number of carbonyl (C=O) groups excluding carboxylic acids is 2. The van der Waals surface area contributed by atoms with E-state index in [4.69, 9.17) is 10.6 Å². The van der Waals surface area contributed by atoms with Gasteiger partial charge < -0.3 is 20.6 Å². The highest BCUT2D eigenvalue weighted by Crippen LogP contribution is 2.35. The van der Waals surface area contributed by atoms with Crippen LogP contribution in [0.2, 0.25) is 0 Å². The van der Waals surface area contributed by atoms with E-state index in [0.29, 0.717) is 35.8 Å². The number of hydrogen-bond donors (Lipinski definition) is 2. The van der Waals surface area contributed by atoms with E-state index in [0.717, 1.165) is 31.2 Å². The Hall–Kier alpha value is -3.40. The number of aromatic nitrogens is 2. The van der Waals surface area contributed by atoms with Gasteiger partial charge in [-0.15, -0.1) is 0 Å². The molecule has 3 N–H and O–H groups in total. The summed E-state index contributed by atoms with van der Waals surface area (Å²) in [5, 5.41) is 14.2. The highest BCUT2D eigenvalue weighted by molar-refractivity contribution is 6.01. The van der Waals surface area contributed by atoms with Crippen LogP contribution in [0.15, 0.2) is 29.4 Å². The van der Waals surface area contributed by atoms with Crippen LogP contribution in [0.5, 0.6) is 0 Å². The van der Waals surface area contributed by atoms with Crippen LogP contribution in [0, 0.1) is 25.6 Å². The number of oxime groups is 1. The van der Waals surface area contributed by atoms with Crippen molar-refractivity contribution in [2.75, 3.05) is 0 Å². The number of primary amides is 1. The van der Waals surface area contributed by atoms with Crippen molar-refractivity contribution in [3.8, 4) is 0 Å². The summed E-state index contributed by atoms with van der Waals surface area (Å²) in [5.74, 6) is -0.547. The molecule has 36 heavy (non-hydrogen) atoms. The Labute approximate surface area is 209 Å². The summed E-state index contributed by atoms with van der Waals surface area (Å²) >= 11 is 0. The average Bonchev–Trinajstić information content (AvgIpc) is 3.34. The zero-order chi connectivity index (χ0) is 26.0. The van der Waals surface area contributed by atoms with Gasteiger partial charge in [0.05, 0.1) is 5.69 Å². The maximum Gasteiger partial charge on any atom is 0.267 e. The van der Waals surface area contributed by atoms with Gasteiger partial charge in [-0.05, 0) is 75.6 Å². The number of hydrogen-bond acceptors (Lipinski definition) is 7. The number of aliphatic hydroxyl groups is 1. The van der Waals surface area contributed by atoms with E-state index in [9.17, 15) is 19.1 Å². The molecule has 9 nitrogen and oxygen atoms in total. The van der Waals surface area contributed by atoms with Crippen LogP contribution in [-0.2, 0) is 16.2 Å². The Kier molecular flexibility index (Phi) is 7.63. The maximum atomic E-state index is 13.7. The zero-order valence-corrected chi connectivity index (χ0v) is 20.8. The molecule has 1 aromatic carbocycles. The Balaban J connectivity index is 1.39. The minimum Gasteiger partial charge on any atom is -0.391 e. The second-order valence-corrected chi connectivity index (χ2v) is 9.73. The summed E-state index contributed by atoms with van der Waals surface area (Å²) < 4.78 is 13.7. The van der Waals surface area contributed by atoms with Crippen molar-refractivity contribution in [2.24, 2.45) is 16.8 Å². The van der Waals surface area contributed by atoms with E-state index in [1.54, 1.807) is 30.9 Å². The molecule has 1 aliphatic heterocycles. The van der Waals surface area contributed by atoms with Crippen LogP contribution in [0.4, 0.5) is 4.39 Å². The minimum atomic E-state index is -1.11. The minimum absolute atomic E-state index is 0.0295. The molecular weight excluding hydrogens is 465 g/mol. The lowest BCUT2D eigenvalue weighted by atomic mass is 9.80. The molecule has 1 saturated carbocycles. The first-order valence-electron chi connectivity index (χ1n) is 12.2. The summed E-state index contributed by atoms with van der Waals surface area (Å²) in [6, 6.07) is 6.34. The Morgan fingerprint density at radius 2 is 1.92 bits per heavy atom. The van der Waals surface area contributed by atoms with Crippen LogP contribution in [0.25, 0.3) is 0 Å². The first-order chi connectivity index (χ1) is 17.1. The summed E-state index contributed by atoms with van der Waals surface area (Å²) in [5.41, 5.74) is 8.07. The molecule has 2 heterocycles. The van der Waals surface area contributed by atoms with Crippen molar-refractivity contribution in [2.45, 2.75) is 77.7 Å². The number of nitrogens with two attached hydrogens (primary N) is 1. The third-order valence-corrected chi connectivity index (χ3v) is 7.00. The number of nitrogens with zero attached hydrogens (tertiary/aromatic N) is 4. The maximum absolute atomic E-state index is 13.7. The molecule has 1 fully saturated rings. The van der Waals surface area contributed by atoms with Gasteiger partial charge in [-0.2, -0.15) is 0 Å². The molecule has 0 bridgehead atoms. The monoisotopic (exact) mass is 497 g/mol. The topological polar surface area (TPSA) is 131 Å². The van der Waals surface area contributed by atoms with Gasteiger partial charge in [-0.1, -0.05) is 17.3 Å². The van der Waals surface area contributed by atoms with Crippen molar-refractivity contribution in [3.63, 3.8) is 0 Å². The number of amides is 2. The highest BCUT2D eigenvalue weighted by atomic mass is 19.1. The van der Waals surface area contributed by atoms with Gasteiger partial charge in [0.2, 0.25) is 0 Å². The van der Waals surface area contributed by atoms with Gasteiger partial charge in [-0.3, -0.25) is 9.59 Å². The van der Waals surface area contributed by atoms with Crippen LogP contribution < -0.4 is 5.73 Å². The normalized spacial score (nSPS) is 22.5. The lowest BCUT2D eigenvalue weighted by Crippen LogP contribution is -2.46. The fourth-order valence-corrected chi connectivity index (χ4v) is 5.06. The molecule has 2 aromatic rings. The second-order valence-electron chi connectivity index (χ2n) is 9.73. The van der Waals surface area contributed by atoms with Crippen molar-refractivity contribution in [3.05, 3.63) is 58.4 Å². The van der Waals surface area contributed by atoms with Gasteiger partial charge in [0, 0.05) is 19.0 Å². The van der Waals surface area contributed by atoms with E-state index >= 15 is 0 Å². The molecule has 1 aliphatic carbocycles. The van der Waals surface area contributed by atoms with Crippen molar-refractivity contribution in [1.29, 1.82) is 0 Å². The summed E-state index contributed by atoms with van der Waals surface area (Å²) in [6.07, 6.45) is 2.52. The SMILES string of the molecule is Cc1nc(C(N)=O)cc(C2=NO[C@H](C3CCC(N(Cc4ccc(F)c(C)c4)C(=O)[C@H](C)O)CC3)C2)n1. The summed E-state index contributed by atoms with van der Waals surface area (Å²) in [7, 11) is 0. The van der Waals surface area contributed by atoms with Crippen molar-refractivity contribution in [1.82, 2.24) is 14.9 Å². The number of rotatable bonds is 7. The molecule has 4 rings (SSSR count). The first-order valence-corrected chi connectivity index (χ1v) is 12.2. The highest BCUT2D eigenvalue weighted by Gasteiger charge is 2.37. The van der Waals surface area contributed by atoms with Crippen LogP contribution in [-0.4, -0.2) is 55.8 Å². The van der Waals surface area contributed by atoms with Gasteiger partial charge in [0.25, 0.3) is 11.8 Å². The van der Waals surface area contributed by atoms with E-state index in [-0.39, 0.29) is 35.5 Å². The van der Waals surface area contributed by atoms with E-state index in [1.807, 2.05) is 0 Å². The van der Waals surface area contributed by atoms with E-state index in [1.165, 1.54) is 19.1 Å². The van der Waals surface area contributed by atoms with Crippen LogP contribution >= 0.6 is 0 Å². The molecule has 2 atom stereocenters. The molecule has 10 heteroatoms. The standard InChI is InChI=1S/C26H32FN5O4/c1-14-10-17(4-9-20(14)27)13-32(26(35)15(2)33)19-7-5-18(6-8-19)24-12-22(31-36-24)21-11-23(25(28)34)30-16(3)29-21/h4,9-11,15,18-19,24,33H,5-8,12-13H2,1-3H3,(H2,28,34)/t15-,18?,19?,24-/m0/s1. The quantitative estimate of drug-likeness (QED) is 0.605. The van der Waals surface area contributed by atoms with Crippen molar-refractivity contribution >= 4 is 17.5 Å². The number of halogens is 1. The zero-order valence-electron chi connectivity index (χ0n) is 20.8. The van der Waals surface area contributed by atoms with Crippen LogP contribution in [0.1, 0.15) is 72.2 Å². The van der Waals surface area contributed by atoms with Gasteiger partial charge >= 0.3 is 0 Å². The smallest absolute Gasteiger partial charge is 0.267 e.